The zero-order chi connectivity index (χ0) is 13.4. The number of hydrogen-bond acceptors (Lipinski definition) is 3. The lowest BCUT2D eigenvalue weighted by Gasteiger charge is -1.97. The maximum absolute atomic E-state index is 12.5. The third-order valence-corrected chi connectivity index (χ3v) is 4.18. The van der Waals surface area contributed by atoms with Crippen LogP contribution in [-0.4, -0.2) is 5.78 Å². The summed E-state index contributed by atoms with van der Waals surface area (Å²) in [5.74, 6) is 0.415. The Morgan fingerprint density at radius 3 is 2.89 bits per heavy atom. The number of rotatable bonds is 3. The van der Waals surface area contributed by atoms with Gasteiger partial charge in [0.2, 0.25) is 5.78 Å². The molecule has 1 aromatic carbocycles. The summed E-state index contributed by atoms with van der Waals surface area (Å²) < 4.78 is 5.67. The van der Waals surface area contributed by atoms with Gasteiger partial charge in [0.1, 0.15) is 5.58 Å². The number of thiophene rings is 1. The van der Waals surface area contributed by atoms with E-state index in [1.807, 2.05) is 42.6 Å². The smallest absolute Gasteiger partial charge is 0.238 e. The first-order chi connectivity index (χ1) is 9.19. The standard InChI is InChI=1S/C16H14O2S/c1-3-11-6-7-19-16(11)15(17)14-9-12-8-10(2)4-5-13(12)18-14/h4-9H,3H2,1-2H3. The molecule has 2 nitrogen and oxygen atoms in total. The Labute approximate surface area is 115 Å². The second kappa shape index (κ2) is 4.67. The molecule has 0 aliphatic heterocycles. The lowest BCUT2D eigenvalue weighted by atomic mass is 10.1. The summed E-state index contributed by atoms with van der Waals surface area (Å²) in [5.41, 5.74) is 3.02. The fourth-order valence-electron chi connectivity index (χ4n) is 2.20. The van der Waals surface area contributed by atoms with Crippen LogP contribution in [0.5, 0.6) is 0 Å². The van der Waals surface area contributed by atoms with E-state index in [-0.39, 0.29) is 5.78 Å². The first-order valence-corrected chi connectivity index (χ1v) is 7.18. The SMILES string of the molecule is CCc1ccsc1C(=O)c1cc2cc(C)ccc2o1. The Morgan fingerprint density at radius 1 is 1.26 bits per heavy atom. The van der Waals surface area contributed by atoms with Gasteiger partial charge in [-0.25, -0.2) is 0 Å². The van der Waals surface area contributed by atoms with Crippen molar-refractivity contribution in [2.45, 2.75) is 20.3 Å². The highest BCUT2D eigenvalue weighted by atomic mass is 32.1. The minimum atomic E-state index is -0.0132. The second-order valence-electron chi connectivity index (χ2n) is 4.61. The number of carbonyl (C=O) groups excluding carboxylic acids is 1. The van der Waals surface area contributed by atoms with Crippen LogP contribution in [0.15, 0.2) is 40.1 Å². The Balaban J connectivity index is 2.07. The summed E-state index contributed by atoms with van der Waals surface area (Å²) in [7, 11) is 0. The Hall–Kier alpha value is -1.87. The molecule has 0 aliphatic rings. The lowest BCUT2D eigenvalue weighted by molar-refractivity contribution is 0.101. The highest BCUT2D eigenvalue weighted by Gasteiger charge is 2.18. The van der Waals surface area contributed by atoms with Crippen molar-refractivity contribution in [2.24, 2.45) is 0 Å². The summed E-state index contributed by atoms with van der Waals surface area (Å²) in [5, 5.41) is 2.94. The Bertz CT molecular complexity index is 749. The van der Waals surface area contributed by atoms with Gasteiger partial charge in [0.05, 0.1) is 4.88 Å². The average Bonchev–Trinajstić information content (AvgIpc) is 3.03. The second-order valence-corrected chi connectivity index (χ2v) is 5.53. The van der Waals surface area contributed by atoms with E-state index in [0.717, 1.165) is 33.4 Å². The van der Waals surface area contributed by atoms with E-state index in [0.29, 0.717) is 5.76 Å². The lowest BCUT2D eigenvalue weighted by Crippen LogP contribution is -1.99. The number of ketones is 1. The van der Waals surface area contributed by atoms with Crippen LogP contribution in [0.25, 0.3) is 11.0 Å². The van der Waals surface area contributed by atoms with Gasteiger partial charge in [0.25, 0.3) is 0 Å². The van der Waals surface area contributed by atoms with Crippen molar-refractivity contribution >= 4 is 28.1 Å². The maximum Gasteiger partial charge on any atom is 0.238 e. The molecule has 19 heavy (non-hydrogen) atoms. The zero-order valence-electron chi connectivity index (χ0n) is 10.9. The van der Waals surface area contributed by atoms with E-state index in [2.05, 4.69) is 6.92 Å². The van der Waals surface area contributed by atoms with Gasteiger partial charge in [-0.2, -0.15) is 0 Å². The molecule has 2 aromatic heterocycles. The monoisotopic (exact) mass is 270 g/mol. The average molecular weight is 270 g/mol. The van der Waals surface area contributed by atoms with Crippen LogP contribution in [0.2, 0.25) is 0 Å². The van der Waals surface area contributed by atoms with Gasteiger partial charge in [-0.1, -0.05) is 18.6 Å². The Kier molecular flexibility index (Phi) is 2.99. The van der Waals surface area contributed by atoms with Crippen LogP contribution in [-0.2, 0) is 6.42 Å². The molecule has 0 unspecified atom stereocenters. The van der Waals surface area contributed by atoms with E-state index in [1.165, 1.54) is 11.3 Å². The van der Waals surface area contributed by atoms with Gasteiger partial charge in [0.15, 0.2) is 5.76 Å². The van der Waals surface area contributed by atoms with Crippen LogP contribution in [0.1, 0.15) is 33.5 Å². The molecule has 0 spiro atoms. The number of hydrogen-bond donors (Lipinski definition) is 0. The highest BCUT2D eigenvalue weighted by Crippen LogP contribution is 2.26. The van der Waals surface area contributed by atoms with Gasteiger partial charge < -0.3 is 4.42 Å². The van der Waals surface area contributed by atoms with Crippen molar-refractivity contribution in [3.05, 3.63) is 57.5 Å². The molecule has 3 aromatic rings. The number of aryl methyl sites for hydroxylation is 2. The molecule has 0 N–H and O–H groups in total. The van der Waals surface area contributed by atoms with E-state index in [4.69, 9.17) is 4.42 Å². The number of fused-ring (bicyclic) bond motifs is 1. The summed E-state index contributed by atoms with van der Waals surface area (Å²) in [6.07, 6.45) is 0.865. The number of benzene rings is 1. The predicted octanol–water partition coefficient (Wildman–Crippen LogP) is 4.60. The van der Waals surface area contributed by atoms with E-state index < -0.39 is 0 Å². The van der Waals surface area contributed by atoms with Crippen molar-refractivity contribution < 1.29 is 9.21 Å². The molecule has 0 atom stereocenters. The van der Waals surface area contributed by atoms with E-state index >= 15 is 0 Å². The van der Waals surface area contributed by atoms with Crippen molar-refractivity contribution in [3.8, 4) is 0 Å². The van der Waals surface area contributed by atoms with Crippen molar-refractivity contribution in [1.82, 2.24) is 0 Å². The summed E-state index contributed by atoms with van der Waals surface area (Å²) in [6.45, 7) is 4.09. The molecule has 0 bridgehead atoms. The number of furan rings is 1. The van der Waals surface area contributed by atoms with Crippen molar-refractivity contribution in [3.63, 3.8) is 0 Å². The first-order valence-electron chi connectivity index (χ1n) is 6.30. The normalized spacial score (nSPS) is 11.1. The number of carbonyl (C=O) groups is 1. The minimum Gasteiger partial charge on any atom is -0.453 e. The quantitative estimate of drug-likeness (QED) is 0.651. The molecule has 0 amide bonds. The van der Waals surface area contributed by atoms with Gasteiger partial charge in [-0.15, -0.1) is 11.3 Å². The fourth-order valence-corrected chi connectivity index (χ4v) is 3.14. The van der Waals surface area contributed by atoms with Gasteiger partial charge in [0, 0.05) is 5.39 Å². The molecule has 0 saturated heterocycles. The van der Waals surface area contributed by atoms with Crippen LogP contribution >= 0.6 is 11.3 Å². The molecule has 2 heterocycles. The molecule has 0 aliphatic carbocycles. The van der Waals surface area contributed by atoms with Crippen LogP contribution in [0, 0.1) is 6.92 Å². The topological polar surface area (TPSA) is 30.2 Å². The van der Waals surface area contributed by atoms with Gasteiger partial charge in [-0.05, 0) is 48.6 Å². The Morgan fingerprint density at radius 2 is 2.11 bits per heavy atom. The molecule has 3 rings (SSSR count). The molecule has 96 valence electrons. The van der Waals surface area contributed by atoms with Crippen LogP contribution in [0.3, 0.4) is 0 Å². The fraction of sp³-hybridized carbons (Fsp3) is 0.188. The summed E-state index contributed by atoms with van der Waals surface area (Å²) in [4.78, 5) is 13.2. The summed E-state index contributed by atoms with van der Waals surface area (Å²) >= 11 is 1.48. The molecular weight excluding hydrogens is 256 g/mol. The molecular formula is C16H14O2S. The third-order valence-electron chi connectivity index (χ3n) is 3.23. The van der Waals surface area contributed by atoms with E-state index in [1.54, 1.807) is 0 Å². The van der Waals surface area contributed by atoms with Crippen molar-refractivity contribution in [1.29, 1.82) is 0 Å². The largest absolute Gasteiger partial charge is 0.453 e. The molecule has 0 radical (unpaired) electrons. The minimum absolute atomic E-state index is 0.0132. The van der Waals surface area contributed by atoms with Crippen LogP contribution < -0.4 is 0 Å². The van der Waals surface area contributed by atoms with Gasteiger partial charge >= 0.3 is 0 Å². The van der Waals surface area contributed by atoms with E-state index in [9.17, 15) is 4.79 Å². The highest BCUT2D eigenvalue weighted by molar-refractivity contribution is 7.12. The maximum atomic E-state index is 12.5. The first kappa shape index (κ1) is 12.2. The zero-order valence-corrected chi connectivity index (χ0v) is 11.7. The predicted molar refractivity (Wildman–Crippen MR) is 78.1 cm³/mol. The van der Waals surface area contributed by atoms with Gasteiger partial charge in [-0.3, -0.25) is 4.79 Å². The van der Waals surface area contributed by atoms with Crippen LogP contribution in [0.4, 0.5) is 0 Å². The molecule has 3 heteroatoms. The molecule has 0 fully saturated rings. The molecule has 0 saturated carbocycles. The van der Waals surface area contributed by atoms with Crippen molar-refractivity contribution in [2.75, 3.05) is 0 Å². The third kappa shape index (κ3) is 2.10. The summed E-state index contributed by atoms with van der Waals surface area (Å²) in [6, 6.07) is 9.78.